The van der Waals surface area contributed by atoms with E-state index in [2.05, 4.69) is 56.8 Å². The number of likely N-dealkylation sites (N-methyl/N-ethyl adjacent to an activating group) is 1. The topological polar surface area (TPSA) is 29.9 Å². The van der Waals surface area contributed by atoms with Gasteiger partial charge in [-0.2, -0.15) is 5.10 Å². The van der Waals surface area contributed by atoms with Crippen LogP contribution in [0.3, 0.4) is 0 Å². The number of aromatic nitrogens is 2. The van der Waals surface area contributed by atoms with E-state index in [1.807, 2.05) is 36.7 Å². The summed E-state index contributed by atoms with van der Waals surface area (Å²) in [5, 5.41) is 7.58. The van der Waals surface area contributed by atoms with Crippen LogP contribution in [-0.2, 0) is 13.5 Å². The fourth-order valence-electron chi connectivity index (χ4n) is 1.83. The second-order valence-electron chi connectivity index (χ2n) is 4.48. The molecule has 0 bridgehead atoms. The van der Waals surface area contributed by atoms with Crippen molar-refractivity contribution in [1.29, 1.82) is 0 Å². The van der Waals surface area contributed by atoms with Crippen molar-refractivity contribution >= 4 is 27.7 Å². The summed E-state index contributed by atoms with van der Waals surface area (Å²) in [5.74, 6) is 1.05. The second-order valence-corrected chi connectivity index (χ2v) is 6.49. The van der Waals surface area contributed by atoms with Gasteiger partial charge in [-0.25, -0.2) is 0 Å². The first-order valence-electron chi connectivity index (χ1n) is 6.20. The minimum Gasteiger partial charge on any atom is -0.316 e. The minimum absolute atomic E-state index is 0.456. The molecule has 1 N–H and O–H groups in total. The van der Waals surface area contributed by atoms with Crippen LogP contribution in [0.2, 0.25) is 0 Å². The third-order valence-electron chi connectivity index (χ3n) is 2.91. The van der Waals surface area contributed by atoms with Crippen LogP contribution in [0, 0.1) is 0 Å². The number of nitrogens with zero attached hydrogens (tertiary/aromatic N) is 2. The lowest BCUT2D eigenvalue weighted by Crippen LogP contribution is -2.29. The molecule has 0 radical (unpaired) electrons. The van der Waals surface area contributed by atoms with Crippen LogP contribution in [0.25, 0.3) is 0 Å². The maximum absolute atomic E-state index is 4.21. The van der Waals surface area contributed by atoms with Gasteiger partial charge in [0.2, 0.25) is 0 Å². The van der Waals surface area contributed by atoms with Gasteiger partial charge in [0, 0.05) is 34.4 Å². The molecule has 0 saturated carbocycles. The average molecular weight is 340 g/mol. The lowest BCUT2D eigenvalue weighted by molar-refractivity contribution is 0.616. The predicted octanol–water partition coefficient (Wildman–Crippen LogP) is 3.11. The van der Waals surface area contributed by atoms with Crippen molar-refractivity contribution in [2.75, 3.05) is 12.8 Å². The molecule has 19 heavy (non-hydrogen) atoms. The molecule has 0 amide bonds. The summed E-state index contributed by atoms with van der Waals surface area (Å²) in [6, 6.07) is 8.91. The second kappa shape index (κ2) is 7.12. The number of hydrogen-bond donors (Lipinski definition) is 1. The number of benzene rings is 1. The van der Waals surface area contributed by atoms with E-state index in [4.69, 9.17) is 0 Å². The molecule has 1 aromatic carbocycles. The molecule has 2 rings (SSSR count). The number of halogens is 1. The molecular formula is C14H18BrN3S. The monoisotopic (exact) mass is 339 g/mol. The Morgan fingerprint density at radius 3 is 2.68 bits per heavy atom. The van der Waals surface area contributed by atoms with Crippen molar-refractivity contribution in [3.63, 3.8) is 0 Å². The average Bonchev–Trinajstić information content (AvgIpc) is 2.82. The smallest absolute Gasteiger partial charge is 0.0522 e. The maximum Gasteiger partial charge on any atom is 0.0522 e. The molecule has 2 aromatic rings. The largest absolute Gasteiger partial charge is 0.316 e. The highest BCUT2D eigenvalue weighted by molar-refractivity contribution is 9.10. The quantitative estimate of drug-likeness (QED) is 0.820. The molecule has 0 saturated heterocycles. The molecule has 0 aliphatic carbocycles. The Hall–Kier alpha value is -0.780. The summed E-state index contributed by atoms with van der Waals surface area (Å²) in [6.45, 7) is 0. The number of thioether (sulfide) groups is 1. The van der Waals surface area contributed by atoms with E-state index in [9.17, 15) is 0 Å². The van der Waals surface area contributed by atoms with Gasteiger partial charge in [-0.1, -0.05) is 15.9 Å². The fraction of sp³-hybridized carbons (Fsp3) is 0.357. The highest BCUT2D eigenvalue weighted by Crippen LogP contribution is 2.22. The zero-order chi connectivity index (χ0) is 13.7. The summed E-state index contributed by atoms with van der Waals surface area (Å²) in [7, 11) is 3.97. The summed E-state index contributed by atoms with van der Waals surface area (Å²) < 4.78 is 2.97. The van der Waals surface area contributed by atoms with Gasteiger partial charge < -0.3 is 5.32 Å². The van der Waals surface area contributed by atoms with Gasteiger partial charge in [-0.15, -0.1) is 11.8 Å². The van der Waals surface area contributed by atoms with E-state index in [-0.39, 0.29) is 0 Å². The molecule has 0 spiro atoms. The summed E-state index contributed by atoms with van der Waals surface area (Å²) in [5.41, 5.74) is 1.28. The van der Waals surface area contributed by atoms with Crippen LogP contribution >= 0.6 is 27.7 Å². The van der Waals surface area contributed by atoms with Gasteiger partial charge >= 0.3 is 0 Å². The third kappa shape index (κ3) is 4.67. The van der Waals surface area contributed by atoms with Crippen molar-refractivity contribution in [1.82, 2.24) is 15.1 Å². The van der Waals surface area contributed by atoms with Crippen LogP contribution in [0.4, 0.5) is 0 Å². The molecule has 1 heterocycles. The molecule has 0 aliphatic rings. The number of hydrogen-bond acceptors (Lipinski definition) is 3. The maximum atomic E-state index is 4.21. The summed E-state index contributed by atoms with van der Waals surface area (Å²) >= 11 is 5.33. The van der Waals surface area contributed by atoms with Crippen LogP contribution in [0.5, 0.6) is 0 Å². The zero-order valence-electron chi connectivity index (χ0n) is 11.1. The van der Waals surface area contributed by atoms with Crippen molar-refractivity contribution < 1.29 is 0 Å². The van der Waals surface area contributed by atoms with E-state index >= 15 is 0 Å². The molecule has 5 heteroatoms. The normalized spacial score (nSPS) is 12.6. The molecule has 1 aromatic heterocycles. The van der Waals surface area contributed by atoms with Gasteiger partial charge in [0.1, 0.15) is 0 Å². The van der Waals surface area contributed by atoms with E-state index < -0.39 is 0 Å². The van der Waals surface area contributed by atoms with Gasteiger partial charge in [-0.3, -0.25) is 4.68 Å². The van der Waals surface area contributed by atoms with Crippen molar-refractivity contribution in [2.45, 2.75) is 17.4 Å². The Labute approximate surface area is 126 Å². The number of nitrogens with one attached hydrogen (secondary N) is 1. The van der Waals surface area contributed by atoms with Crippen LogP contribution in [0.1, 0.15) is 5.56 Å². The van der Waals surface area contributed by atoms with Crippen LogP contribution < -0.4 is 5.32 Å². The van der Waals surface area contributed by atoms with Gasteiger partial charge in [0.15, 0.2) is 0 Å². The fourth-order valence-corrected chi connectivity index (χ4v) is 3.10. The van der Waals surface area contributed by atoms with E-state index in [0.717, 1.165) is 16.6 Å². The standard InChI is InChI=1S/C14H18BrN3S/c1-16-13(7-11-8-17-18(2)9-11)10-19-14-5-3-12(15)4-6-14/h3-6,8-9,13,16H,7,10H2,1-2H3. The Bertz CT molecular complexity index is 510. The van der Waals surface area contributed by atoms with Crippen molar-refractivity contribution in [2.24, 2.45) is 7.05 Å². The SMILES string of the molecule is CNC(CSc1ccc(Br)cc1)Cc1cnn(C)c1. The predicted molar refractivity (Wildman–Crippen MR) is 84.6 cm³/mol. The van der Waals surface area contributed by atoms with Crippen molar-refractivity contribution in [3.8, 4) is 0 Å². The summed E-state index contributed by atoms with van der Waals surface area (Å²) in [4.78, 5) is 1.30. The Morgan fingerprint density at radius 2 is 2.11 bits per heavy atom. The molecule has 102 valence electrons. The highest BCUT2D eigenvalue weighted by Gasteiger charge is 2.09. The Kier molecular flexibility index (Phi) is 5.48. The molecule has 3 nitrogen and oxygen atoms in total. The molecular weight excluding hydrogens is 322 g/mol. The first-order chi connectivity index (χ1) is 9.17. The van der Waals surface area contributed by atoms with Crippen molar-refractivity contribution in [3.05, 3.63) is 46.7 Å². The third-order valence-corrected chi connectivity index (χ3v) is 4.62. The molecule has 0 fully saturated rings. The zero-order valence-corrected chi connectivity index (χ0v) is 13.5. The van der Waals surface area contributed by atoms with E-state index in [1.165, 1.54) is 10.5 Å². The summed E-state index contributed by atoms with van der Waals surface area (Å²) in [6.07, 6.45) is 5.02. The van der Waals surface area contributed by atoms with Gasteiger partial charge in [0.25, 0.3) is 0 Å². The highest BCUT2D eigenvalue weighted by atomic mass is 79.9. The number of aryl methyl sites for hydroxylation is 1. The first kappa shape index (κ1) is 14.6. The van der Waals surface area contributed by atoms with Gasteiger partial charge in [-0.05, 0) is 43.3 Å². The van der Waals surface area contributed by atoms with Crippen LogP contribution in [-0.4, -0.2) is 28.6 Å². The number of rotatable bonds is 6. The Morgan fingerprint density at radius 1 is 1.37 bits per heavy atom. The molecule has 0 aliphatic heterocycles. The van der Waals surface area contributed by atoms with E-state index in [0.29, 0.717) is 6.04 Å². The molecule has 1 atom stereocenters. The lowest BCUT2D eigenvalue weighted by Gasteiger charge is -2.14. The lowest BCUT2D eigenvalue weighted by atomic mass is 10.1. The van der Waals surface area contributed by atoms with Crippen LogP contribution in [0.15, 0.2) is 46.0 Å². The Balaban J connectivity index is 1.87. The van der Waals surface area contributed by atoms with E-state index in [1.54, 1.807) is 0 Å². The van der Waals surface area contributed by atoms with Gasteiger partial charge in [0.05, 0.1) is 6.20 Å². The molecule has 1 unspecified atom stereocenters. The minimum atomic E-state index is 0.456. The first-order valence-corrected chi connectivity index (χ1v) is 7.98.